The fourth-order valence-electron chi connectivity index (χ4n) is 0.870. The monoisotopic (exact) mass is 182 g/mol. The molecular formula is C11H18O2. The number of hydrogen-bond acceptors (Lipinski definition) is 2. The molecule has 13 heavy (non-hydrogen) atoms. The summed E-state index contributed by atoms with van der Waals surface area (Å²) in [7, 11) is 0. The smallest absolute Gasteiger partial charge is 0.337 e. The molecule has 0 atom stereocenters. The molecule has 0 unspecified atom stereocenters. The Morgan fingerprint density at radius 3 is 2.62 bits per heavy atom. The molecule has 0 amide bonds. The Labute approximate surface area is 80.3 Å². The van der Waals surface area contributed by atoms with Crippen LogP contribution in [-0.2, 0) is 9.53 Å². The molecule has 0 saturated heterocycles. The van der Waals surface area contributed by atoms with Gasteiger partial charge in [-0.15, -0.1) is 0 Å². The third kappa shape index (κ3) is 6.14. The SMILES string of the molecule is C=CC(=C)C(=O)OCCCCCC. The maximum absolute atomic E-state index is 11.0. The standard InChI is InChI=1S/C11H18O2/c1-4-6-7-8-9-13-11(12)10(3)5-2/h5H,2-4,6-9H2,1H3. The molecule has 2 heteroatoms. The van der Waals surface area contributed by atoms with E-state index in [0.717, 1.165) is 12.8 Å². The lowest BCUT2D eigenvalue weighted by atomic mass is 10.2. The van der Waals surface area contributed by atoms with Gasteiger partial charge >= 0.3 is 5.97 Å². The zero-order chi connectivity index (χ0) is 10.1. The van der Waals surface area contributed by atoms with Gasteiger partial charge in [-0.3, -0.25) is 0 Å². The zero-order valence-electron chi connectivity index (χ0n) is 8.34. The fraction of sp³-hybridized carbons (Fsp3) is 0.545. The first-order chi connectivity index (χ1) is 6.22. The molecular weight excluding hydrogens is 164 g/mol. The lowest BCUT2D eigenvalue weighted by Gasteiger charge is -2.03. The van der Waals surface area contributed by atoms with Gasteiger partial charge in [-0.25, -0.2) is 4.79 Å². The first-order valence-corrected chi connectivity index (χ1v) is 4.70. The average molecular weight is 182 g/mol. The van der Waals surface area contributed by atoms with E-state index in [4.69, 9.17) is 4.74 Å². The molecule has 0 spiro atoms. The second kappa shape index (κ2) is 7.59. The van der Waals surface area contributed by atoms with Crippen LogP contribution in [0.3, 0.4) is 0 Å². The number of hydrogen-bond donors (Lipinski definition) is 0. The van der Waals surface area contributed by atoms with E-state index < -0.39 is 0 Å². The first kappa shape index (κ1) is 11.9. The third-order valence-corrected chi connectivity index (χ3v) is 1.74. The number of ether oxygens (including phenoxy) is 1. The van der Waals surface area contributed by atoms with Crippen LogP contribution in [0.1, 0.15) is 32.6 Å². The van der Waals surface area contributed by atoms with Crippen molar-refractivity contribution in [3.05, 3.63) is 24.8 Å². The summed E-state index contributed by atoms with van der Waals surface area (Å²) < 4.78 is 4.93. The second-order valence-electron chi connectivity index (χ2n) is 2.93. The van der Waals surface area contributed by atoms with Crippen molar-refractivity contribution in [2.75, 3.05) is 6.61 Å². The molecule has 0 aromatic rings. The summed E-state index contributed by atoms with van der Waals surface area (Å²) in [6.45, 7) is 9.57. The zero-order valence-corrected chi connectivity index (χ0v) is 8.34. The maximum atomic E-state index is 11.0. The van der Waals surface area contributed by atoms with E-state index in [0.29, 0.717) is 12.2 Å². The molecule has 0 heterocycles. The predicted molar refractivity (Wildman–Crippen MR) is 54.4 cm³/mol. The van der Waals surface area contributed by atoms with Crippen molar-refractivity contribution in [3.8, 4) is 0 Å². The Kier molecular flexibility index (Phi) is 6.98. The second-order valence-corrected chi connectivity index (χ2v) is 2.93. The molecule has 0 aliphatic carbocycles. The minimum atomic E-state index is -0.355. The lowest BCUT2D eigenvalue weighted by Crippen LogP contribution is -2.06. The molecule has 0 bridgehead atoms. The van der Waals surface area contributed by atoms with Crippen LogP contribution in [0, 0.1) is 0 Å². The Morgan fingerprint density at radius 2 is 2.08 bits per heavy atom. The molecule has 74 valence electrons. The molecule has 2 nitrogen and oxygen atoms in total. The van der Waals surface area contributed by atoms with Crippen LogP contribution in [0.15, 0.2) is 24.8 Å². The molecule has 0 aromatic carbocycles. The van der Waals surface area contributed by atoms with Crippen LogP contribution < -0.4 is 0 Å². The summed E-state index contributed by atoms with van der Waals surface area (Å²) in [5.41, 5.74) is 0.329. The topological polar surface area (TPSA) is 26.3 Å². The Hall–Kier alpha value is -1.05. The van der Waals surface area contributed by atoms with E-state index in [1.165, 1.54) is 18.9 Å². The van der Waals surface area contributed by atoms with Gasteiger partial charge in [0, 0.05) is 0 Å². The van der Waals surface area contributed by atoms with Gasteiger partial charge in [0.15, 0.2) is 0 Å². The highest BCUT2D eigenvalue weighted by molar-refractivity contribution is 5.90. The number of rotatable bonds is 7. The Morgan fingerprint density at radius 1 is 1.38 bits per heavy atom. The first-order valence-electron chi connectivity index (χ1n) is 4.70. The molecule has 0 N–H and O–H groups in total. The average Bonchev–Trinajstić information content (AvgIpc) is 2.16. The lowest BCUT2D eigenvalue weighted by molar-refractivity contribution is -0.138. The van der Waals surface area contributed by atoms with E-state index in [2.05, 4.69) is 20.1 Å². The maximum Gasteiger partial charge on any atom is 0.337 e. The number of unbranched alkanes of at least 4 members (excludes halogenated alkanes) is 3. The molecule has 0 aliphatic heterocycles. The van der Waals surface area contributed by atoms with E-state index in [9.17, 15) is 4.79 Å². The summed E-state index contributed by atoms with van der Waals surface area (Å²) in [4.78, 5) is 11.0. The fourth-order valence-corrected chi connectivity index (χ4v) is 0.870. The minimum absolute atomic E-state index is 0.329. The Bertz CT molecular complexity index is 183. The summed E-state index contributed by atoms with van der Waals surface area (Å²) in [6.07, 6.45) is 5.84. The van der Waals surface area contributed by atoms with Gasteiger partial charge < -0.3 is 4.74 Å². The van der Waals surface area contributed by atoms with Crippen molar-refractivity contribution in [2.45, 2.75) is 32.6 Å². The van der Waals surface area contributed by atoms with E-state index in [1.807, 2.05) is 0 Å². The van der Waals surface area contributed by atoms with E-state index >= 15 is 0 Å². The van der Waals surface area contributed by atoms with Crippen LogP contribution in [0.4, 0.5) is 0 Å². The highest BCUT2D eigenvalue weighted by Gasteiger charge is 2.02. The molecule has 0 saturated carbocycles. The molecule has 0 rings (SSSR count). The van der Waals surface area contributed by atoms with E-state index in [-0.39, 0.29) is 5.97 Å². The number of carbonyl (C=O) groups is 1. The number of esters is 1. The normalized spacial score (nSPS) is 9.31. The van der Waals surface area contributed by atoms with Gasteiger partial charge in [0.25, 0.3) is 0 Å². The van der Waals surface area contributed by atoms with Crippen molar-refractivity contribution < 1.29 is 9.53 Å². The van der Waals surface area contributed by atoms with Gasteiger partial charge in [-0.1, -0.05) is 45.4 Å². The summed E-state index contributed by atoms with van der Waals surface area (Å²) in [5.74, 6) is -0.355. The highest BCUT2D eigenvalue weighted by atomic mass is 16.5. The van der Waals surface area contributed by atoms with Gasteiger partial charge in [0.05, 0.1) is 12.2 Å². The molecule has 0 fully saturated rings. The number of carbonyl (C=O) groups excluding carboxylic acids is 1. The van der Waals surface area contributed by atoms with Crippen molar-refractivity contribution in [2.24, 2.45) is 0 Å². The van der Waals surface area contributed by atoms with Crippen LogP contribution in [0.25, 0.3) is 0 Å². The van der Waals surface area contributed by atoms with Crippen LogP contribution in [-0.4, -0.2) is 12.6 Å². The van der Waals surface area contributed by atoms with Crippen molar-refractivity contribution in [1.82, 2.24) is 0 Å². The summed E-state index contributed by atoms with van der Waals surface area (Å²) >= 11 is 0. The molecule has 0 radical (unpaired) electrons. The van der Waals surface area contributed by atoms with Crippen LogP contribution >= 0.6 is 0 Å². The van der Waals surface area contributed by atoms with Crippen molar-refractivity contribution in [3.63, 3.8) is 0 Å². The van der Waals surface area contributed by atoms with Crippen LogP contribution in [0.2, 0.25) is 0 Å². The summed E-state index contributed by atoms with van der Waals surface area (Å²) in [5, 5.41) is 0. The van der Waals surface area contributed by atoms with Gasteiger partial charge in [-0.2, -0.15) is 0 Å². The van der Waals surface area contributed by atoms with Crippen LogP contribution in [0.5, 0.6) is 0 Å². The van der Waals surface area contributed by atoms with Crippen molar-refractivity contribution in [1.29, 1.82) is 0 Å². The largest absolute Gasteiger partial charge is 0.462 e. The molecule has 0 aromatic heterocycles. The van der Waals surface area contributed by atoms with Gasteiger partial charge in [-0.05, 0) is 6.42 Å². The van der Waals surface area contributed by atoms with E-state index in [1.54, 1.807) is 0 Å². The highest BCUT2D eigenvalue weighted by Crippen LogP contribution is 2.01. The Balaban J connectivity index is 3.37. The van der Waals surface area contributed by atoms with Gasteiger partial charge in [0.2, 0.25) is 0 Å². The quantitative estimate of drug-likeness (QED) is 0.262. The van der Waals surface area contributed by atoms with Gasteiger partial charge in [0.1, 0.15) is 0 Å². The predicted octanol–water partition coefficient (Wildman–Crippen LogP) is 2.85. The molecule has 0 aliphatic rings. The third-order valence-electron chi connectivity index (χ3n) is 1.74. The van der Waals surface area contributed by atoms with Crippen molar-refractivity contribution >= 4 is 5.97 Å². The minimum Gasteiger partial charge on any atom is -0.462 e. The summed E-state index contributed by atoms with van der Waals surface area (Å²) in [6, 6.07) is 0.